The molecule has 0 saturated heterocycles. The Kier molecular flexibility index (Phi) is 3.26. The van der Waals surface area contributed by atoms with Crippen LogP contribution in [0.5, 0.6) is 0 Å². The van der Waals surface area contributed by atoms with Crippen molar-refractivity contribution in [1.29, 1.82) is 0 Å². The number of ether oxygens (including phenoxy) is 1. The molecule has 1 aliphatic heterocycles. The van der Waals surface area contributed by atoms with E-state index in [1.807, 2.05) is 0 Å². The highest BCUT2D eigenvalue weighted by atomic mass is 16.5. The standard InChI is InChI=1S/C26H34O2/c1-2-25-10-8-19-18-7-6-17(27)12-16(18)13-20(15-4-5-15)23(19)24(25)21-14-22(21)26(25)9-3-11-28-26/h3,9,15,19-24H,2,4-8,10-14H2,1H3/t19?,20?,21-,22+,23?,24?,25+,26+/m1/s1. The first-order valence-electron chi connectivity index (χ1n) is 12.2. The number of fused-ring (bicyclic) bond motifs is 8. The second kappa shape index (κ2) is 5.42. The van der Waals surface area contributed by atoms with Gasteiger partial charge in [-0.1, -0.05) is 30.2 Å². The average Bonchev–Trinajstić information content (AvgIpc) is 3.64. The summed E-state index contributed by atoms with van der Waals surface area (Å²) in [4.78, 5) is 12.2. The van der Waals surface area contributed by atoms with E-state index in [4.69, 9.17) is 4.74 Å². The van der Waals surface area contributed by atoms with Crippen molar-refractivity contribution in [3.63, 3.8) is 0 Å². The molecular weight excluding hydrogens is 344 g/mol. The maximum atomic E-state index is 12.2. The summed E-state index contributed by atoms with van der Waals surface area (Å²) in [5.74, 6) is 6.63. The lowest BCUT2D eigenvalue weighted by atomic mass is 9.47. The molecule has 28 heavy (non-hydrogen) atoms. The van der Waals surface area contributed by atoms with Gasteiger partial charge in [-0.3, -0.25) is 4.79 Å². The molecule has 6 aliphatic carbocycles. The molecule has 7 rings (SSSR count). The molecule has 2 heteroatoms. The van der Waals surface area contributed by atoms with Gasteiger partial charge in [-0.25, -0.2) is 0 Å². The van der Waals surface area contributed by atoms with Crippen LogP contribution in [0.4, 0.5) is 0 Å². The van der Waals surface area contributed by atoms with E-state index >= 15 is 0 Å². The highest BCUT2D eigenvalue weighted by molar-refractivity contribution is 5.82. The van der Waals surface area contributed by atoms with Gasteiger partial charge < -0.3 is 4.74 Å². The number of hydrogen-bond acceptors (Lipinski definition) is 2. The Bertz CT molecular complexity index is 803. The first kappa shape index (κ1) is 16.9. The lowest BCUT2D eigenvalue weighted by Crippen LogP contribution is -2.56. The van der Waals surface area contributed by atoms with Crippen molar-refractivity contribution in [3.8, 4) is 0 Å². The Morgan fingerprint density at radius 3 is 2.82 bits per heavy atom. The molecule has 0 N–H and O–H groups in total. The Balaban J connectivity index is 1.35. The predicted octanol–water partition coefficient (Wildman–Crippen LogP) is 5.48. The van der Waals surface area contributed by atoms with E-state index in [-0.39, 0.29) is 5.60 Å². The van der Waals surface area contributed by atoms with Gasteiger partial charge in [0.25, 0.3) is 0 Å². The fourth-order valence-electron chi connectivity index (χ4n) is 9.64. The molecule has 0 aromatic rings. The SMILES string of the molecule is CC[C@]12CCC3C4=C(CC(=O)CC4)CC(C4CC4)C3C1[C@@H]1C[C@@H]1[C@@]21C=CCO1. The summed E-state index contributed by atoms with van der Waals surface area (Å²) in [5.41, 5.74) is 3.85. The molecule has 1 spiro atoms. The van der Waals surface area contributed by atoms with Crippen molar-refractivity contribution in [1.82, 2.24) is 0 Å². The van der Waals surface area contributed by atoms with Crippen LogP contribution in [0.1, 0.15) is 71.1 Å². The fourth-order valence-corrected chi connectivity index (χ4v) is 9.64. The van der Waals surface area contributed by atoms with E-state index in [2.05, 4.69) is 19.1 Å². The molecule has 0 aromatic heterocycles. The monoisotopic (exact) mass is 378 g/mol. The number of allylic oxidation sites excluding steroid dienone is 2. The van der Waals surface area contributed by atoms with Crippen LogP contribution in [0.3, 0.4) is 0 Å². The topological polar surface area (TPSA) is 26.3 Å². The van der Waals surface area contributed by atoms with E-state index in [9.17, 15) is 4.79 Å². The van der Waals surface area contributed by atoms with Crippen LogP contribution in [-0.4, -0.2) is 18.0 Å². The van der Waals surface area contributed by atoms with E-state index in [1.165, 1.54) is 44.9 Å². The van der Waals surface area contributed by atoms with Crippen LogP contribution in [0, 0.1) is 46.8 Å². The number of carbonyl (C=O) groups excluding carboxylic acids is 1. The first-order valence-corrected chi connectivity index (χ1v) is 12.2. The predicted molar refractivity (Wildman–Crippen MR) is 109 cm³/mol. The van der Waals surface area contributed by atoms with Crippen LogP contribution in [0.25, 0.3) is 0 Å². The van der Waals surface area contributed by atoms with Crippen molar-refractivity contribution in [3.05, 3.63) is 23.3 Å². The Morgan fingerprint density at radius 2 is 2.07 bits per heavy atom. The summed E-state index contributed by atoms with van der Waals surface area (Å²) in [6.45, 7) is 3.31. The zero-order chi connectivity index (χ0) is 18.7. The largest absolute Gasteiger partial charge is 0.366 e. The molecule has 0 amide bonds. The maximum Gasteiger partial charge on any atom is 0.137 e. The lowest BCUT2D eigenvalue weighted by Gasteiger charge is -2.59. The molecule has 7 aliphatic rings. The highest BCUT2D eigenvalue weighted by Crippen LogP contribution is 2.79. The van der Waals surface area contributed by atoms with Gasteiger partial charge in [0, 0.05) is 18.3 Å². The lowest BCUT2D eigenvalue weighted by molar-refractivity contribution is -0.142. The molecule has 8 atom stereocenters. The smallest absolute Gasteiger partial charge is 0.137 e. The second-order valence-electron chi connectivity index (χ2n) is 11.3. The number of hydrogen-bond donors (Lipinski definition) is 0. The van der Waals surface area contributed by atoms with Crippen molar-refractivity contribution >= 4 is 5.78 Å². The van der Waals surface area contributed by atoms with Crippen LogP contribution >= 0.6 is 0 Å². The molecular formula is C26H34O2. The van der Waals surface area contributed by atoms with Crippen molar-refractivity contribution in [2.75, 3.05) is 6.61 Å². The molecule has 4 fully saturated rings. The second-order valence-corrected chi connectivity index (χ2v) is 11.3. The van der Waals surface area contributed by atoms with Crippen LogP contribution in [0.2, 0.25) is 0 Å². The number of Topliss-reactive ketones (excluding diaryl/α,β-unsaturated/α-hetero) is 1. The third-order valence-corrected chi connectivity index (χ3v) is 10.7. The van der Waals surface area contributed by atoms with Gasteiger partial charge in [0.05, 0.1) is 12.2 Å². The highest BCUT2D eigenvalue weighted by Gasteiger charge is 2.78. The molecule has 4 unspecified atom stereocenters. The van der Waals surface area contributed by atoms with Gasteiger partial charge in [-0.05, 0) is 92.8 Å². The van der Waals surface area contributed by atoms with Crippen LogP contribution in [-0.2, 0) is 9.53 Å². The van der Waals surface area contributed by atoms with E-state index < -0.39 is 0 Å². The summed E-state index contributed by atoms with van der Waals surface area (Å²) in [6, 6.07) is 0. The van der Waals surface area contributed by atoms with Gasteiger partial charge >= 0.3 is 0 Å². The Hall–Kier alpha value is -0.890. The third-order valence-electron chi connectivity index (χ3n) is 10.7. The van der Waals surface area contributed by atoms with Gasteiger partial charge in [0.1, 0.15) is 5.78 Å². The van der Waals surface area contributed by atoms with E-state index in [1.54, 1.807) is 11.1 Å². The number of ketones is 1. The summed E-state index contributed by atoms with van der Waals surface area (Å²) < 4.78 is 6.66. The fraction of sp³-hybridized carbons (Fsp3) is 0.808. The van der Waals surface area contributed by atoms with E-state index in [0.717, 1.165) is 67.3 Å². The van der Waals surface area contributed by atoms with Crippen molar-refractivity contribution in [2.24, 2.45) is 46.8 Å². The van der Waals surface area contributed by atoms with Gasteiger partial charge in [-0.15, -0.1) is 0 Å². The molecule has 2 nitrogen and oxygen atoms in total. The third kappa shape index (κ3) is 1.88. The summed E-state index contributed by atoms with van der Waals surface area (Å²) in [5, 5.41) is 0. The zero-order valence-electron chi connectivity index (χ0n) is 17.3. The number of carbonyl (C=O) groups is 1. The van der Waals surface area contributed by atoms with Crippen molar-refractivity contribution < 1.29 is 9.53 Å². The van der Waals surface area contributed by atoms with Gasteiger partial charge in [0.2, 0.25) is 0 Å². The number of rotatable bonds is 2. The molecule has 1 heterocycles. The minimum atomic E-state index is 0.0767. The summed E-state index contributed by atoms with van der Waals surface area (Å²) in [6.07, 6.45) is 17.2. The summed E-state index contributed by atoms with van der Waals surface area (Å²) >= 11 is 0. The minimum absolute atomic E-state index is 0.0767. The average molecular weight is 379 g/mol. The maximum absolute atomic E-state index is 12.2. The first-order chi connectivity index (χ1) is 13.7. The van der Waals surface area contributed by atoms with E-state index in [0.29, 0.717) is 11.2 Å². The summed E-state index contributed by atoms with van der Waals surface area (Å²) in [7, 11) is 0. The molecule has 4 saturated carbocycles. The zero-order valence-corrected chi connectivity index (χ0v) is 17.3. The molecule has 0 bridgehead atoms. The van der Waals surface area contributed by atoms with Crippen LogP contribution in [0.15, 0.2) is 23.3 Å². The normalized spacial score (nSPS) is 53.8. The molecule has 0 aromatic carbocycles. The van der Waals surface area contributed by atoms with Crippen LogP contribution < -0.4 is 0 Å². The Labute approximate surface area is 169 Å². The van der Waals surface area contributed by atoms with Gasteiger partial charge in [0.15, 0.2) is 0 Å². The van der Waals surface area contributed by atoms with Gasteiger partial charge in [-0.2, -0.15) is 0 Å². The minimum Gasteiger partial charge on any atom is -0.366 e. The molecule has 0 radical (unpaired) electrons. The molecule has 150 valence electrons. The Morgan fingerprint density at radius 1 is 1.18 bits per heavy atom. The van der Waals surface area contributed by atoms with Crippen molar-refractivity contribution in [2.45, 2.75) is 76.7 Å². The quantitative estimate of drug-likeness (QED) is 0.595.